The lowest BCUT2D eigenvalue weighted by Gasteiger charge is -2.34. The topological polar surface area (TPSA) is 110 Å². The number of halogens is 2. The van der Waals surface area contributed by atoms with E-state index in [4.69, 9.17) is 5.73 Å². The summed E-state index contributed by atoms with van der Waals surface area (Å²) in [4.78, 5) is 36.1. The third-order valence-corrected chi connectivity index (χ3v) is 5.91. The van der Waals surface area contributed by atoms with Gasteiger partial charge in [0, 0.05) is 37.8 Å². The Hall–Kier alpha value is -4.41. The van der Waals surface area contributed by atoms with E-state index >= 15 is 0 Å². The number of carbonyl (C=O) groups is 2. The molecule has 0 radical (unpaired) electrons. The Morgan fingerprint density at radius 3 is 2.43 bits per heavy atom. The predicted molar refractivity (Wildman–Crippen MR) is 124 cm³/mol. The van der Waals surface area contributed by atoms with Crippen LogP contribution >= 0.6 is 0 Å². The van der Waals surface area contributed by atoms with Gasteiger partial charge in [-0.3, -0.25) is 14.3 Å². The number of piperazine rings is 1. The minimum atomic E-state index is -0.607. The molecule has 0 spiro atoms. The second-order valence-electron chi connectivity index (χ2n) is 8.23. The van der Waals surface area contributed by atoms with Gasteiger partial charge in [-0.05, 0) is 23.8 Å². The van der Waals surface area contributed by atoms with Crippen molar-refractivity contribution in [1.29, 1.82) is 0 Å². The molecule has 0 bridgehead atoms. The van der Waals surface area contributed by atoms with E-state index in [0.717, 1.165) is 17.8 Å². The first-order valence-corrected chi connectivity index (χ1v) is 11.0. The Morgan fingerprint density at radius 1 is 0.971 bits per heavy atom. The van der Waals surface area contributed by atoms with Gasteiger partial charge in [-0.25, -0.2) is 18.7 Å². The first-order chi connectivity index (χ1) is 16.9. The molecule has 4 aromatic rings. The molecule has 0 unspecified atom stereocenters. The van der Waals surface area contributed by atoms with Crippen LogP contribution in [0.3, 0.4) is 0 Å². The summed E-state index contributed by atoms with van der Waals surface area (Å²) in [6.07, 6.45) is 3.96. The molecule has 2 aromatic carbocycles. The number of nitrogens with two attached hydrogens (primary N) is 1. The number of anilines is 1. The monoisotopic (exact) mass is 477 g/mol. The van der Waals surface area contributed by atoms with E-state index in [-0.39, 0.29) is 12.1 Å². The Labute approximate surface area is 198 Å². The summed E-state index contributed by atoms with van der Waals surface area (Å²) < 4.78 is 29.3. The first-order valence-electron chi connectivity index (χ1n) is 11.0. The Balaban J connectivity index is 1.31. The van der Waals surface area contributed by atoms with Crippen LogP contribution in [0.5, 0.6) is 0 Å². The summed E-state index contributed by atoms with van der Waals surface area (Å²) in [6, 6.07) is 9.54. The molecule has 2 aromatic heterocycles. The molecule has 3 heterocycles. The highest BCUT2D eigenvalue weighted by molar-refractivity contribution is 6.04. The quantitative estimate of drug-likeness (QED) is 0.472. The van der Waals surface area contributed by atoms with Crippen LogP contribution < -0.4 is 10.6 Å². The molecule has 1 saturated heterocycles. The number of hydrogen-bond donors (Lipinski definition) is 1. The molecule has 1 aliphatic rings. The summed E-state index contributed by atoms with van der Waals surface area (Å²) in [5.41, 5.74) is 6.90. The van der Waals surface area contributed by atoms with Gasteiger partial charge in [-0.15, -0.1) is 0 Å². The van der Waals surface area contributed by atoms with Crippen LogP contribution in [0.4, 0.5) is 14.7 Å². The number of nitrogens with zero attached hydrogens (tertiary/aromatic N) is 6. The van der Waals surface area contributed by atoms with Gasteiger partial charge in [-0.2, -0.15) is 5.10 Å². The number of hydrogen-bond acceptors (Lipinski definition) is 6. The summed E-state index contributed by atoms with van der Waals surface area (Å²) in [5.74, 6) is -1.72. The van der Waals surface area contributed by atoms with E-state index in [9.17, 15) is 18.4 Å². The summed E-state index contributed by atoms with van der Waals surface area (Å²) in [6.45, 7) is 1.87. The van der Waals surface area contributed by atoms with Crippen LogP contribution in [-0.4, -0.2) is 62.6 Å². The number of amides is 2. The predicted octanol–water partition coefficient (Wildman–Crippen LogP) is 2.21. The smallest absolute Gasteiger partial charge is 0.256 e. The lowest BCUT2D eigenvalue weighted by atomic mass is 10.1. The van der Waals surface area contributed by atoms with Crippen LogP contribution in [0.2, 0.25) is 0 Å². The summed E-state index contributed by atoms with van der Waals surface area (Å²) in [5, 5.41) is 5.20. The number of carbonyl (C=O) groups excluding carboxylic acids is 2. The number of aromatic nitrogens is 4. The summed E-state index contributed by atoms with van der Waals surface area (Å²) >= 11 is 0. The number of fused-ring (bicyclic) bond motifs is 1. The zero-order valence-corrected chi connectivity index (χ0v) is 18.6. The van der Waals surface area contributed by atoms with Crippen LogP contribution in [0.1, 0.15) is 26.3 Å². The van der Waals surface area contributed by atoms with Crippen molar-refractivity contribution in [2.24, 2.45) is 5.73 Å². The molecule has 2 amide bonds. The fourth-order valence-corrected chi connectivity index (χ4v) is 4.15. The van der Waals surface area contributed by atoms with Crippen LogP contribution in [-0.2, 0) is 6.54 Å². The molecular formula is C24H21F2N7O2. The van der Waals surface area contributed by atoms with Crippen molar-refractivity contribution in [3.8, 4) is 0 Å². The molecule has 2 N–H and O–H groups in total. The van der Waals surface area contributed by atoms with Gasteiger partial charge < -0.3 is 15.5 Å². The van der Waals surface area contributed by atoms with E-state index in [1.165, 1.54) is 12.1 Å². The molecule has 1 fully saturated rings. The Kier molecular flexibility index (Phi) is 5.81. The average molecular weight is 477 g/mol. The Morgan fingerprint density at radius 2 is 1.71 bits per heavy atom. The molecular weight excluding hydrogens is 456 g/mol. The largest absolute Gasteiger partial charge is 0.366 e. The van der Waals surface area contributed by atoms with Gasteiger partial charge in [0.2, 0.25) is 5.95 Å². The van der Waals surface area contributed by atoms with Gasteiger partial charge >= 0.3 is 0 Å². The van der Waals surface area contributed by atoms with Crippen molar-refractivity contribution in [2.75, 3.05) is 31.1 Å². The van der Waals surface area contributed by atoms with E-state index in [1.807, 2.05) is 11.0 Å². The van der Waals surface area contributed by atoms with E-state index in [0.29, 0.717) is 48.8 Å². The van der Waals surface area contributed by atoms with Crippen LogP contribution in [0.15, 0.2) is 55.0 Å². The molecule has 35 heavy (non-hydrogen) atoms. The van der Waals surface area contributed by atoms with E-state index in [1.54, 1.807) is 34.0 Å². The van der Waals surface area contributed by atoms with Crippen molar-refractivity contribution in [2.45, 2.75) is 6.54 Å². The van der Waals surface area contributed by atoms with Crippen molar-refractivity contribution >= 4 is 28.7 Å². The van der Waals surface area contributed by atoms with Crippen LogP contribution in [0.25, 0.3) is 10.9 Å². The molecule has 0 saturated carbocycles. The molecule has 11 heteroatoms. The number of primary amides is 1. The fraction of sp³-hybridized carbons (Fsp3) is 0.208. The lowest BCUT2D eigenvalue weighted by Crippen LogP contribution is -2.49. The Bertz CT molecular complexity index is 1410. The maximum atomic E-state index is 14.6. The molecule has 0 aliphatic carbocycles. The highest BCUT2D eigenvalue weighted by Gasteiger charge is 2.25. The van der Waals surface area contributed by atoms with Gasteiger partial charge in [0.1, 0.15) is 11.3 Å². The van der Waals surface area contributed by atoms with Crippen molar-refractivity contribution in [3.63, 3.8) is 0 Å². The SMILES string of the molecule is NC(=O)c1cccc2cn(Cc3ccc(F)c(C(=O)N4CCN(c5ncc(F)cn5)CC4)c3)nc12. The first kappa shape index (κ1) is 22.4. The maximum absolute atomic E-state index is 14.6. The lowest BCUT2D eigenvalue weighted by molar-refractivity contribution is 0.0741. The van der Waals surface area contributed by atoms with E-state index in [2.05, 4.69) is 15.1 Å². The standard InChI is InChI=1S/C24H21F2N7O2/c25-17-11-28-24(29-12-17)32-8-6-31(7-9-32)23(35)19-10-15(4-5-20(19)26)13-33-14-16-2-1-3-18(22(27)34)21(16)30-33/h1-5,10-12,14H,6-9,13H2,(H2,27,34). The highest BCUT2D eigenvalue weighted by Crippen LogP contribution is 2.20. The second-order valence-corrected chi connectivity index (χ2v) is 8.23. The zero-order chi connectivity index (χ0) is 24.5. The van der Waals surface area contributed by atoms with E-state index < -0.39 is 23.4 Å². The minimum absolute atomic E-state index is 0.0245. The molecule has 178 valence electrons. The minimum Gasteiger partial charge on any atom is -0.366 e. The average Bonchev–Trinajstić information content (AvgIpc) is 3.28. The fourth-order valence-electron chi connectivity index (χ4n) is 4.15. The van der Waals surface area contributed by atoms with Gasteiger partial charge in [-0.1, -0.05) is 18.2 Å². The second kappa shape index (κ2) is 9.09. The highest BCUT2D eigenvalue weighted by atomic mass is 19.1. The third-order valence-electron chi connectivity index (χ3n) is 5.91. The zero-order valence-electron chi connectivity index (χ0n) is 18.6. The van der Waals surface area contributed by atoms with Crippen LogP contribution in [0, 0.1) is 11.6 Å². The molecule has 9 nitrogen and oxygen atoms in total. The van der Waals surface area contributed by atoms with Gasteiger partial charge in [0.15, 0.2) is 5.82 Å². The number of benzene rings is 2. The maximum Gasteiger partial charge on any atom is 0.256 e. The molecule has 1 aliphatic heterocycles. The number of rotatable bonds is 5. The normalized spacial score (nSPS) is 13.9. The third kappa shape index (κ3) is 4.52. The van der Waals surface area contributed by atoms with Crippen molar-refractivity contribution < 1.29 is 18.4 Å². The van der Waals surface area contributed by atoms with Crippen molar-refractivity contribution in [3.05, 3.63) is 83.3 Å². The van der Waals surface area contributed by atoms with Crippen molar-refractivity contribution in [1.82, 2.24) is 24.6 Å². The molecule has 0 atom stereocenters. The summed E-state index contributed by atoms with van der Waals surface area (Å²) in [7, 11) is 0. The van der Waals surface area contributed by atoms with Gasteiger partial charge in [0.05, 0.1) is 30.1 Å². The van der Waals surface area contributed by atoms with Gasteiger partial charge in [0.25, 0.3) is 11.8 Å². The molecule has 5 rings (SSSR count).